The van der Waals surface area contributed by atoms with E-state index in [9.17, 15) is 0 Å². The number of piperidine rings is 2. The topological polar surface area (TPSA) is 9.49 Å². The lowest BCUT2D eigenvalue weighted by molar-refractivity contribution is 0.150. The van der Waals surface area contributed by atoms with Gasteiger partial charge in [-0.15, -0.1) is 0 Å². The van der Waals surface area contributed by atoms with E-state index >= 15 is 0 Å². The molecule has 4 unspecified atom stereocenters. The molecule has 0 N–H and O–H groups in total. The summed E-state index contributed by atoms with van der Waals surface area (Å²) < 4.78 is 0. The summed E-state index contributed by atoms with van der Waals surface area (Å²) in [6.45, 7) is 7.49. The first kappa shape index (κ1) is 18.3. The maximum absolute atomic E-state index is 2.77. The smallest absolute Gasteiger partial charge is 0.0363 e. The monoisotopic (exact) mass is 355 g/mol. The molecule has 0 radical (unpaired) electrons. The summed E-state index contributed by atoms with van der Waals surface area (Å²) in [5, 5.41) is 0. The third-order valence-electron chi connectivity index (χ3n) is 6.93. The van der Waals surface area contributed by atoms with Crippen LogP contribution >= 0.6 is 0 Å². The van der Waals surface area contributed by atoms with E-state index in [4.69, 9.17) is 0 Å². The van der Waals surface area contributed by atoms with Gasteiger partial charge in [0.15, 0.2) is 0 Å². The minimum Gasteiger partial charge on any atom is -0.375 e. The van der Waals surface area contributed by atoms with Gasteiger partial charge >= 0.3 is 0 Å². The highest BCUT2D eigenvalue weighted by Crippen LogP contribution is 2.40. The van der Waals surface area contributed by atoms with Gasteiger partial charge in [-0.25, -0.2) is 0 Å². The second-order valence-corrected chi connectivity index (χ2v) is 8.78. The van der Waals surface area contributed by atoms with Crippen molar-refractivity contribution in [2.24, 2.45) is 0 Å². The average molecular weight is 356 g/mol. The van der Waals surface area contributed by atoms with E-state index in [-0.39, 0.29) is 0 Å². The zero-order chi connectivity index (χ0) is 17.9. The van der Waals surface area contributed by atoms with Crippen LogP contribution in [0.4, 0.5) is 5.69 Å². The van der Waals surface area contributed by atoms with E-state index in [0.29, 0.717) is 6.04 Å². The molecule has 4 saturated heterocycles. The number of hydrogen-bond acceptors (Lipinski definition) is 3. The first-order valence-corrected chi connectivity index (χ1v) is 11.1. The van der Waals surface area contributed by atoms with Gasteiger partial charge in [0.1, 0.15) is 0 Å². The van der Waals surface area contributed by atoms with Crippen molar-refractivity contribution in [1.29, 1.82) is 0 Å². The molecule has 4 fully saturated rings. The van der Waals surface area contributed by atoms with E-state index in [1.54, 1.807) is 0 Å². The molecule has 0 bridgehead atoms. The Balaban J connectivity index is 0.000000233. The van der Waals surface area contributed by atoms with Gasteiger partial charge in [-0.1, -0.05) is 25.5 Å². The molecule has 1 aromatic carbocycles. The van der Waals surface area contributed by atoms with E-state index in [0.717, 1.165) is 18.6 Å². The van der Waals surface area contributed by atoms with Crippen molar-refractivity contribution < 1.29 is 0 Å². The summed E-state index contributed by atoms with van der Waals surface area (Å²) in [6, 6.07) is 11.9. The summed E-state index contributed by atoms with van der Waals surface area (Å²) in [4.78, 5) is 7.65. The lowest BCUT2D eigenvalue weighted by Gasteiger charge is -2.34. The minimum absolute atomic E-state index is 0.686. The zero-order valence-electron chi connectivity index (χ0n) is 16.9. The second-order valence-electron chi connectivity index (χ2n) is 8.78. The second kappa shape index (κ2) is 8.31. The fourth-order valence-electron chi connectivity index (χ4n) is 5.33. The largest absolute Gasteiger partial charge is 0.375 e. The Morgan fingerprint density at radius 1 is 0.923 bits per heavy atom. The fourth-order valence-corrected chi connectivity index (χ4v) is 5.33. The molecular weight excluding hydrogens is 318 g/mol. The van der Waals surface area contributed by atoms with Crippen LogP contribution in [-0.4, -0.2) is 55.1 Å². The molecule has 144 valence electrons. The van der Waals surface area contributed by atoms with Crippen LogP contribution in [0.25, 0.3) is 0 Å². The third kappa shape index (κ3) is 4.09. The molecule has 4 aliphatic rings. The number of anilines is 1. The summed E-state index contributed by atoms with van der Waals surface area (Å²) in [6.07, 6.45) is 11.2. The maximum atomic E-state index is 2.77. The Labute approximate surface area is 160 Å². The normalized spacial score (nSPS) is 32.4. The molecule has 4 heterocycles. The fraction of sp³-hybridized carbons (Fsp3) is 0.739. The van der Waals surface area contributed by atoms with Crippen molar-refractivity contribution in [2.75, 3.05) is 38.1 Å². The molecule has 0 aliphatic carbocycles. The van der Waals surface area contributed by atoms with Crippen LogP contribution in [0.2, 0.25) is 0 Å². The van der Waals surface area contributed by atoms with Gasteiger partial charge in [-0.3, -0.25) is 9.80 Å². The Kier molecular flexibility index (Phi) is 5.85. The Bertz CT molecular complexity index is 561. The van der Waals surface area contributed by atoms with Crippen LogP contribution in [0.3, 0.4) is 0 Å². The molecular formula is C23H37N3. The van der Waals surface area contributed by atoms with Gasteiger partial charge in [-0.05, 0) is 75.7 Å². The van der Waals surface area contributed by atoms with Crippen molar-refractivity contribution in [3.63, 3.8) is 0 Å². The highest BCUT2D eigenvalue weighted by atomic mass is 15.3. The molecule has 0 amide bonds. The number of fused-ring (bicyclic) bond motifs is 2. The zero-order valence-corrected chi connectivity index (χ0v) is 16.9. The molecule has 5 rings (SSSR count). The van der Waals surface area contributed by atoms with Gasteiger partial charge in [0.05, 0.1) is 0 Å². The van der Waals surface area contributed by atoms with Gasteiger partial charge in [-0.2, -0.15) is 0 Å². The first-order chi connectivity index (χ1) is 12.8. The van der Waals surface area contributed by atoms with Gasteiger partial charge in [0.2, 0.25) is 0 Å². The molecule has 0 aromatic heterocycles. The molecule has 3 heteroatoms. The maximum Gasteiger partial charge on any atom is 0.0363 e. The number of benzene rings is 1. The third-order valence-corrected chi connectivity index (χ3v) is 6.93. The van der Waals surface area contributed by atoms with E-state index in [1.807, 2.05) is 0 Å². The highest BCUT2D eigenvalue weighted by Gasteiger charge is 2.37. The summed E-state index contributed by atoms with van der Waals surface area (Å²) in [7, 11) is 2.19. The number of nitrogens with zero attached hydrogens (tertiary/aromatic N) is 3. The van der Waals surface area contributed by atoms with Crippen LogP contribution in [0.5, 0.6) is 0 Å². The van der Waals surface area contributed by atoms with Crippen LogP contribution < -0.4 is 4.90 Å². The van der Waals surface area contributed by atoms with Gasteiger partial charge in [0.25, 0.3) is 0 Å². The van der Waals surface area contributed by atoms with Crippen molar-refractivity contribution in [2.45, 2.75) is 76.4 Å². The standard InChI is InChI=1S/C18H28N2.C5H9N/c1-3-13-19(2)16-9-7-15(8-10-16)18-12-11-17-6-4-5-14-20(17)18;1-2-5-4-6(5)3-1/h7-10,17-18H,3-6,11-14H2,1-2H3;5H,1-4H2. The molecule has 4 atom stereocenters. The summed E-state index contributed by atoms with van der Waals surface area (Å²) in [5.74, 6) is 0. The Morgan fingerprint density at radius 3 is 2.35 bits per heavy atom. The molecule has 0 spiro atoms. The lowest BCUT2D eigenvalue weighted by atomic mass is 10.0. The van der Waals surface area contributed by atoms with Crippen LogP contribution in [0, 0.1) is 0 Å². The molecule has 4 aliphatic heterocycles. The summed E-state index contributed by atoms with van der Waals surface area (Å²) in [5.41, 5.74) is 2.88. The van der Waals surface area contributed by atoms with Crippen LogP contribution in [0.15, 0.2) is 24.3 Å². The number of hydrogen-bond donors (Lipinski definition) is 0. The molecule has 26 heavy (non-hydrogen) atoms. The average Bonchev–Trinajstić information content (AvgIpc) is 3.08. The van der Waals surface area contributed by atoms with Crippen molar-refractivity contribution in [3.05, 3.63) is 29.8 Å². The van der Waals surface area contributed by atoms with Crippen molar-refractivity contribution in [1.82, 2.24) is 9.80 Å². The Morgan fingerprint density at radius 2 is 1.73 bits per heavy atom. The van der Waals surface area contributed by atoms with Gasteiger partial charge < -0.3 is 4.90 Å². The summed E-state index contributed by atoms with van der Waals surface area (Å²) >= 11 is 0. The van der Waals surface area contributed by atoms with Gasteiger partial charge in [0, 0.05) is 44.0 Å². The highest BCUT2D eigenvalue weighted by molar-refractivity contribution is 5.47. The predicted molar refractivity (Wildman–Crippen MR) is 111 cm³/mol. The molecule has 3 nitrogen and oxygen atoms in total. The van der Waals surface area contributed by atoms with Crippen LogP contribution in [-0.2, 0) is 0 Å². The van der Waals surface area contributed by atoms with E-state index in [2.05, 4.69) is 52.9 Å². The first-order valence-electron chi connectivity index (χ1n) is 11.1. The molecule has 1 aromatic rings. The van der Waals surface area contributed by atoms with Crippen LogP contribution in [0.1, 0.15) is 69.9 Å². The van der Waals surface area contributed by atoms with E-state index < -0.39 is 0 Å². The predicted octanol–water partition coefficient (Wildman–Crippen LogP) is 4.69. The SMILES string of the molecule is C1CC2CN2C1.CCCN(C)c1ccc(C2CCC3CCCCN32)cc1. The number of rotatable bonds is 4. The Hall–Kier alpha value is -1.06. The quantitative estimate of drug-likeness (QED) is 0.726. The minimum atomic E-state index is 0.686. The molecule has 0 saturated carbocycles. The van der Waals surface area contributed by atoms with Crippen molar-refractivity contribution in [3.8, 4) is 0 Å². The lowest BCUT2D eigenvalue weighted by Crippen LogP contribution is -2.35. The van der Waals surface area contributed by atoms with Crippen molar-refractivity contribution >= 4 is 5.69 Å². The van der Waals surface area contributed by atoms with E-state index in [1.165, 1.54) is 82.3 Å².